The number of rotatable bonds is 10. The Bertz CT molecular complexity index is 2240. The molecule has 0 bridgehead atoms. The Morgan fingerprint density at radius 1 is 0.774 bits per heavy atom. The minimum absolute atomic E-state index is 0.193. The summed E-state index contributed by atoms with van der Waals surface area (Å²) in [4.78, 5) is 38.2. The first-order valence-electron chi connectivity index (χ1n) is 18.0. The van der Waals surface area contributed by atoms with E-state index in [1.165, 1.54) is 36.7 Å². The topological polar surface area (TPSA) is 140 Å². The second-order valence-electron chi connectivity index (χ2n) is 13.6. The minimum atomic E-state index is -0.361. The van der Waals surface area contributed by atoms with Gasteiger partial charge in [0.05, 0.1) is 45.0 Å². The van der Waals surface area contributed by atoms with Gasteiger partial charge in [-0.05, 0) is 99.7 Å². The van der Waals surface area contributed by atoms with Crippen molar-refractivity contribution in [3.8, 4) is 10.6 Å². The number of halogens is 2. The van der Waals surface area contributed by atoms with Crippen molar-refractivity contribution in [3.05, 3.63) is 110 Å². The largest absolute Gasteiger partial charge is 0.355 e. The molecule has 0 amide bonds. The van der Waals surface area contributed by atoms with Crippen LogP contribution in [0.3, 0.4) is 0 Å². The number of fused-ring (bicyclic) bond motifs is 2. The first-order chi connectivity index (χ1) is 25.8. The fraction of sp³-hybridized carbons (Fsp3) is 0.395. The van der Waals surface area contributed by atoms with E-state index in [9.17, 15) is 18.4 Å². The van der Waals surface area contributed by atoms with Gasteiger partial charge in [0.25, 0.3) is 11.1 Å². The van der Waals surface area contributed by atoms with Crippen LogP contribution in [-0.4, -0.2) is 85.4 Å². The van der Waals surface area contributed by atoms with Gasteiger partial charge in [0.15, 0.2) is 5.76 Å². The average Bonchev–Trinajstić information content (AvgIpc) is 3.88. The van der Waals surface area contributed by atoms with E-state index in [4.69, 9.17) is 10.3 Å². The van der Waals surface area contributed by atoms with Crippen LogP contribution in [-0.2, 0) is 19.6 Å². The molecule has 0 aliphatic carbocycles. The maximum absolute atomic E-state index is 13.7. The quantitative estimate of drug-likeness (QED) is 0.207. The van der Waals surface area contributed by atoms with Crippen LogP contribution in [0.25, 0.3) is 32.7 Å². The third kappa shape index (κ3) is 9.29. The summed E-state index contributed by atoms with van der Waals surface area (Å²) < 4.78 is 35.8. The van der Waals surface area contributed by atoms with Crippen LogP contribution < -0.4 is 22.2 Å². The third-order valence-corrected chi connectivity index (χ3v) is 10.9. The monoisotopic (exact) mass is 743 g/mol. The molecule has 0 spiro atoms. The lowest BCUT2D eigenvalue weighted by Gasteiger charge is -2.32. The third-order valence-electron chi connectivity index (χ3n) is 10.0. The Labute approximate surface area is 308 Å². The summed E-state index contributed by atoms with van der Waals surface area (Å²) in [5.74, 6) is 0.0955. The molecule has 2 aliphatic heterocycles. The molecule has 0 atom stereocenters. The maximum Gasteiger partial charge on any atom is 0.269 e. The van der Waals surface area contributed by atoms with Gasteiger partial charge in [0.1, 0.15) is 11.6 Å². The first kappa shape index (κ1) is 36.7. The van der Waals surface area contributed by atoms with Gasteiger partial charge in [-0.15, -0.1) is 11.3 Å². The van der Waals surface area contributed by atoms with Gasteiger partial charge in [-0.1, -0.05) is 11.2 Å². The predicted octanol–water partition coefficient (Wildman–Crippen LogP) is 4.47. The van der Waals surface area contributed by atoms with E-state index in [0.717, 1.165) is 81.3 Å². The number of aromatic nitrogens is 5. The van der Waals surface area contributed by atoms with Gasteiger partial charge in [0.2, 0.25) is 0 Å². The summed E-state index contributed by atoms with van der Waals surface area (Å²) in [7, 11) is 0. The van der Waals surface area contributed by atoms with Crippen molar-refractivity contribution in [3.63, 3.8) is 0 Å². The SMILES string of the molecule is NC1CCN(CCn2c(=O)cnc3ccc(F)cc32)CC1.O=c1cnc2ccc(F)cc2n1CCN1CCC(NCc2cc(-c3cccs3)on2)CC1. The van der Waals surface area contributed by atoms with E-state index in [-0.39, 0.29) is 22.8 Å². The van der Waals surface area contributed by atoms with Crippen molar-refractivity contribution in [2.45, 2.75) is 57.4 Å². The van der Waals surface area contributed by atoms with E-state index in [2.05, 4.69) is 30.2 Å². The van der Waals surface area contributed by atoms with E-state index in [0.29, 0.717) is 53.8 Å². The highest BCUT2D eigenvalue weighted by Gasteiger charge is 2.20. The zero-order valence-electron chi connectivity index (χ0n) is 29.4. The van der Waals surface area contributed by atoms with Crippen molar-refractivity contribution in [2.75, 3.05) is 39.3 Å². The molecule has 6 aromatic rings. The van der Waals surface area contributed by atoms with Gasteiger partial charge in [-0.2, -0.15) is 0 Å². The highest BCUT2D eigenvalue weighted by atomic mass is 32.1. The Kier molecular flexibility index (Phi) is 11.8. The molecule has 2 aliphatic rings. The van der Waals surface area contributed by atoms with Crippen LogP contribution in [0.15, 0.2) is 86.5 Å². The van der Waals surface area contributed by atoms with Crippen LogP contribution in [0.4, 0.5) is 8.78 Å². The molecule has 2 aromatic carbocycles. The van der Waals surface area contributed by atoms with Crippen LogP contribution in [0.5, 0.6) is 0 Å². The highest BCUT2D eigenvalue weighted by molar-refractivity contribution is 7.13. The first-order valence-corrected chi connectivity index (χ1v) is 18.9. The van der Waals surface area contributed by atoms with E-state index >= 15 is 0 Å². The molecule has 2 fully saturated rings. The predicted molar refractivity (Wildman–Crippen MR) is 202 cm³/mol. The van der Waals surface area contributed by atoms with Crippen LogP contribution in [0.1, 0.15) is 31.4 Å². The summed E-state index contributed by atoms with van der Waals surface area (Å²) in [6.45, 7) is 7.05. The Morgan fingerprint density at radius 2 is 1.34 bits per heavy atom. The van der Waals surface area contributed by atoms with Gasteiger partial charge >= 0.3 is 0 Å². The summed E-state index contributed by atoms with van der Waals surface area (Å²) in [6.07, 6.45) is 6.63. The van der Waals surface area contributed by atoms with E-state index < -0.39 is 0 Å². The molecule has 8 rings (SSSR count). The summed E-state index contributed by atoms with van der Waals surface area (Å²) in [6, 6.07) is 15.4. The van der Waals surface area contributed by atoms with E-state index in [1.807, 2.05) is 23.6 Å². The van der Waals surface area contributed by atoms with Crippen molar-refractivity contribution >= 4 is 33.4 Å². The molecule has 2 saturated heterocycles. The Morgan fingerprint density at radius 3 is 1.89 bits per heavy atom. The molecular weight excluding hydrogens is 701 g/mol. The highest BCUT2D eigenvalue weighted by Crippen LogP contribution is 2.25. The van der Waals surface area contributed by atoms with Gasteiger partial charge in [-0.25, -0.2) is 18.7 Å². The van der Waals surface area contributed by atoms with Gasteiger partial charge in [-0.3, -0.25) is 9.59 Å². The number of likely N-dealkylation sites (tertiary alicyclic amines) is 2. The lowest BCUT2D eigenvalue weighted by molar-refractivity contribution is 0.191. The number of thiophene rings is 1. The zero-order chi connectivity index (χ0) is 36.7. The lowest BCUT2D eigenvalue weighted by Crippen LogP contribution is -2.43. The smallest absolute Gasteiger partial charge is 0.269 e. The van der Waals surface area contributed by atoms with E-state index in [1.54, 1.807) is 32.6 Å². The molecule has 4 aromatic heterocycles. The van der Waals surface area contributed by atoms with Crippen molar-refractivity contribution in [2.24, 2.45) is 5.73 Å². The second kappa shape index (κ2) is 17.0. The van der Waals surface area contributed by atoms with Crippen LogP contribution in [0, 0.1) is 11.6 Å². The number of hydrogen-bond donors (Lipinski definition) is 2. The zero-order valence-corrected chi connectivity index (χ0v) is 30.2. The molecule has 0 radical (unpaired) electrons. The number of piperidine rings is 2. The number of nitrogens with one attached hydrogen (secondary N) is 1. The normalized spacial score (nSPS) is 16.3. The standard InChI is InChI=1S/C23H24FN5O2S.C15H19FN4O/c24-16-3-4-19-20(12-16)29(23(30)15-26-19)10-9-28-7-5-17(6-8-28)25-14-18-13-21(31-27-18)22-2-1-11-32-22;16-11-1-2-13-14(9-11)20(15(21)10-18-13)8-7-19-5-3-12(17)4-6-19/h1-4,11-13,15,17,25H,5-10,14H2;1-2,9-10,12H,3-8,17H2. The molecule has 15 heteroatoms. The maximum atomic E-state index is 13.7. The minimum Gasteiger partial charge on any atom is -0.355 e. The summed E-state index contributed by atoms with van der Waals surface area (Å²) in [5.41, 5.74) is 8.77. The van der Waals surface area contributed by atoms with Crippen LogP contribution in [0.2, 0.25) is 0 Å². The number of nitrogens with zero attached hydrogens (tertiary/aromatic N) is 7. The molecule has 53 heavy (non-hydrogen) atoms. The molecular formula is C38H43F2N9O3S. The summed E-state index contributed by atoms with van der Waals surface area (Å²) in [5, 5.41) is 9.77. The van der Waals surface area contributed by atoms with Gasteiger partial charge < -0.3 is 34.5 Å². The number of nitrogens with two attached hydrogens (primary N) is 1. The molecule has 278 valence electrons. The van der Waals surface area contributed by atoms with Crippen molar-refractivity contribution < 1.29 is 13.3 Å². The summed E-state index contributed by atoms with van der Waals surface area (Å²) >= 11 is 1.64. The second-order valence-corrected chi connectivity index (χ2v) is 14.5. The fourth-order valence-corrected chi connectivity index (χ4v) is 7.60. The Hall–Kier alpha value is -4.67. The number of hydrogen-bond acceptors (Lipinski definition) is 11. The molecule has 12 nitrogen and oxygen atoms in total. The average molecular weight is 744 g/mol. The molecule has 0 unspecified atom stereocenters. The van der Waals surface area contributed by atoms with Gasteiger partial charge in [0, 0.05) is 50.9 Å². The number of benzene rings is 2. The molecule has 6 heterocycles. The molecule has 3 N–H and O–H groups in total. The lowest BCUT2D eigenvalue weighted by atomic mass is 10.0. The Balaban J connectivity index is 0.000000179. The van der Waals surface area contributed by atoms with Crippen molar-refractivity contribution in [1.82, 2.24) is 39.4 Å². The molecule has 0 saturated carbocycles. The fourth-order valence-electron chi connectivity index (χ4n) is 6.93. The van der Waals surface area contributed by atoms with Crippen molar-refractivity contribution in [1.29, 1.82) is 0 Å². The van der Waals surface area contributed by atoms with Crippen LogP contribution >= 0.6 is 11.3 Å².